The van der Waals surface area contributed by atoms with Crippen molar-refractivity contribution in [3.8, 4) is 17.1 Å². The molecular weight excluding hydrogens is 446 g/mol. The molecule has 2 heterocycles. The Hall–Kier alpha value is -2.97. The Balaban J connectivity index is 1.34. The number of likely N-dealkylation sites (tertiary alicyclic amines) is 1. The van der Waals surface area contributed by atoms with Gasteiger partial charge in [0.05, 0.1) is 7.11 Å². The molecular formula is C26H33N5O2S. The van der Waals surface area contributed by atoms with Gasteiger partial charge in [-0.1, -0.05) is 31.2 Å². The number of ether oxygens (including phenoxy) is 1. The van der Waals surface area contributed by atoms with Gasteiger partial charge in [0.1, 0.15) is 5.75 Å². The molecule has 0 saturated carbocycles. The van der Waals surface area contributed by atoms with Crippen molar-refractivity contribution in [1.29, 1.82) is 0 Å². The molecule has 0 spiro atoms. The molecule has 2 N–H and O–H groups in total. The summed E-state index contributed by atoms with van der Waals surface area (Å²) < 4.78 is 7.59. The van der Waals surface area contributed by atoms with Crippen LogP contribution in [-0.4, -0.2) is 45.8 Å². The van der Waals surface area contributed by atoms with E-state index in [2.05, 4.69) is 45.5 Å². The summed E-state index contributed by atoms with van der Waals surface area (Å²) in [7, 11) is 1.64. The zero-order chi connectivity index (χ0) is 23.9. The summed E-state index contributed by atoms with van der Waals surface area (Å²) >= 11 is 5.40. The first kappa shape index (κ1) is 24.2. The van der Waals surface area contributed by atoms with Crippen molar-refractivity contribution < 1.29 is 9.53 Å². The molecule has 1 aromatic heterocycles. The van der Waals surface area contributed by atoms with E-state index in [4.69, 9.17) is 17.0 Å². The van der Waals surface area contributed by atoms with E-state index in [1.807, 2.05) is 34.9 Å². The Morgan fingerprint density at radius 3 is 2.71 bits per heavy atom. The SMILES string of the molecule is COc1ccc(-c2n[nH]c(=S)n2CCC(=O)NCc2ccccc2CN2CCCC(C)C2)cc1. The van der Waals surface area contributed by atoms with E-state index < -0.39 is 0 Å². The van der Waals surface area contributed by atoms with Gasteiger partial charge in [0.2, 0.25) is 5.91 Å². The van der Waals surface area contributed by atoms with Crippen molar-refractivity contribution in [1.82, 2.24) is 25.0 Å². The van der Waals surface area contributed by atoms with Gasteiger partial charge in [-0.05, 0) is 72.9 Å². The number of hydrogen-bond donors (Lipinski definition) is 2. The van der Waals surface area contributed by atoms with Crippen molar-refractivity contribution in [3.63, 3.8) is 0 Å². The van der Waals surface area contributed by atoms with Gasteiger partial charge >= 0.3 is 0 Å². The third-order valence-electron chi connectivity index (χ3n) is 6.40. The second-order valence-corrected chi connectivity index (χ2v) is 9.40. The number of carbonyl (C=O) groups excluding carboxylic acids is 1. The maximum Gasteiger partial charge on any atom is 0.222 e. The molecule has 0 aliphatic carbocycles. The first-order valence-corrected chi connectivity index (χ1v) is 12.3. The number of H-pyrrole nitrogens is 1. The number of methoxy groups -OCH3 is 1. The topological polar surface area (TPSA) is 75.2 Å². The molecule has 3 aromatic rings. The zero-order valence-electron chi connectivity index (χ0n) is 19.9. The van der Waals surface area contributed by atoms with Crippen LogP contribution in [0.1, 0.15) is 37.3 Å². The van der Waals surface area contributed by atoms with E-state index in [9.17, 15) is 4.79 Å². The summed E-state index contributed by atoms with van der Waals surface area (Å²) in [6.07, 6.45) is 2.90. The van der Waals surface area contributed by atoms with Crippen LogP contribution in [0.4, 0.5) is 0 Å². The van der Waals surface area contributed by atoms with Crippen molar-refractivity contribution >= 4 is 18.1 Å². The number of rotatable bonds is 9. The molecule has 1 aliphatic heterocycles. The zero-order valence-corrected chi connectivity index (χ0v) is 20.7. The standard InChI is InChI=1S/C26H33N5O2S/c1-19-6-5-14-30(17-19)18-22-8-4-3-7-21(22)16-27-24(32)13-15-31-25(28-29-26(31)34)20-9-11-23(33-2)12-10-20/h3-4,7-12,19H,5-6,13-18H2,1-2H3,(H,27,32)(H,29,34). The lowest BCUT2D eigenvalue weighted by Gasteiger charge is -2.31. The molecule has 1 atom stereocenters. The Morgan fingerprint density at radius 2 is 1.97 bits per heavy atom. The molecule has 4 rings (SSSR count). The van der Waals surface area contributed by atoms with Crippen molar-refractivity contribution in [3.05, 3.63) is 64.4 Å². The summed E-state index contributed by atoms with van der Waals surface area (Å²) in [6.45, 7) is 6.53. The van der Waals surface area contributed by atoms with Crippen molar-refractivity contribution in [2.75, 3.05) is 20.2 Å². The highest BCUT2D eigenvalue weighted by molar-refractivity contribution is 7.71. The summed E-state index contributed by atoms with van der Waals surface area (Å²) in [5.74, 6) is 2.23. The highest BCUT2D eigenvalue weighted by Crippen LogP contribution is 2.22. The van der Waals surface area contributed by atoms with Crippen molar-refractivity contribution in [2.24, 2.45) is 5.92 Å². The fraction of sp³-hybridized carbons (Fsp3) is 0.423. The molecule has 1 fully saturated rings. The molecule has 0 radical (unpaired) electrons. The monoisotopic (exact) mass is 479 g/mol. The van der Waals surface area contributed by atoms with Gasteiger partial charge in [0.25, 0.3) is 0 Å². The van der Waals surface area contributed by atoms with Crippen LogP contribution in [0, 0.1) is 10.7 Å². The van der Waals surface area contributed by atoms with Crippen molar-refractivity contribution in [2.45, 2.75) is 45.8 Å². The summed E-state index contributed by atoms with van der Waals surface area (Å²) in [5.41, 5.74) is 3.37. The van der Waals surface area contributed by atoms with E-state index in [-0.39, 0.29) is 5.91 Å². The Bertz CT molecular complexity index is 1150. The highest BCUT2D eigenvalue weighted by Gasteiger charge is 2.17. The van der Waals surface area contributed by atoms with Gasteiger partial charge in [-0.2, -0.15) is 5.10 Å². The molecule has 7 nitrogen and oxygen atoms in total. The van der Waals surface area contributed by atoms with Gasteiger partial charge in [-0.25, -0.2) is 0 Å². The molecule has 1 unspecified atom stereocenters. The Morgan fingerprint density at radius 1 is 1.21 bits per heavy atom. The number of nitrogens with one attached hydrogen (secondary N) is 2. The fourth-order valence-electron chi connectivity index (χ4n) is 4.54. The Kier molecular flexibility index (Phi) is 8.13. The lowest BCUT2D eigenvalue weighted by molar-refractivity contribution is -0.121. The molecule has 34 heavy (non-hydrogen) atoms. The third-order valence-corrected chi connectivity index (χ3v) is 6.71. The number of aromatic nitrogens is 3. The smallest absolute Gasteiger partial charge is 0.222 e. The minimum atomic E-state index is -0.00909. The summed E-state index contributed by atoms with van der Waals surface area (Å²) in [4.78, 5) is 15.2. The average Bonchev–Trinajstić information content (AvgIpc) is 3.22. The second kappa shape index (κ2) is 11.4. The number of aromatic amines is 1. The minimum Gasteiger partial charge on any atom is -0.497 e. The highest BCUT2D eigenvalue weighted by atomic mass is 32.1. The maximum absolute atomic E-state index is 12.7. The number of amides is 1. The predicted octanol–water partition coefficient (Wildman–Crippen LogP) is 4.55. The normalized spacial score (nSPS) is 16.4. The van der Waals surface area contributed by atoms with Gasteiger partial charge in [-0.3, -0.25) is 19.4 Å². The van der Waals surface area contributed by atoms with E-state index in [1.54, 1.807) is 7.11 Å². The van der Waals surface area contributed by atoms with Crippen LogP contribution in [0.25, 0.3) is 11.4 Å². The van der Waals surface area contributed by atoms with Gasteiger partial charge in [-0.15, -0.1) is 0 Å². The van der Waals surface area contributed by atoms with Crippen LogP contribution in [0.2, 0.25) is 0 Å². The molecule has 8 heteroatoms. The molecule has 180 valence electrons. The van der Waals surface area contributed by atoms with Crippen LogP contribution in [0.3, 0.4) is 0 Å². The number of benzene rings is 2. The molecule has 0 bridgehead atoms. The quantitative estimate of drug-likeness (QED) is 0.440. The van der Waals surface area contributed by atoms with Crippen LogP contribution in [-0.2, 0) is 24.4 Å². The summed E-state index contributed by atoms with van der Waals surface area (Å²) in [5, 5.41) is 10.3. The van der Waals surface area contributed by atoms with Gasteiger partial charge in [0.15, 0.2) is 10.6 Å². The van der Waals surface area contributed by atoms with E-state index >= 15 is 0 Å². The lowest BCUT2D eigenvalue weighted by atomic mass is 9.99. The van der Waals surface area contributed by atoms with Gasteiger partial charge < -0.3 is 10.1 Å². The third kappa shape index (κ3) is 6.12. The van der Waals surface area contributed by atoms with E-state index in [0.717, 1.165) is 36.9 Å². The van der Waals surface area contributed by atoms with Crippen LogP contribution < -0.4 is 10.1 Å². The molecule has 1 saturated heterocycles. The van der Waals surface area contributed by atoms with Crippen LogP contribution >= 0.6 is 12.2 Å². The number of hydrogen-bond acceptors (Lipinski definition) is 5. The average molecular weight is 480 g/mol. The van der Waals surface area contributed by atoms with E-state index in [0.29, 0.717) is 30.1 Å². The number of piperidine rings is 1. The fourth-order valence-corrected chi connectivity index (χ4v) is 4.76. The number of carbonyl (C=O) groups is 1. The second-order valence-electron chi connectivity index (χ2n) is 9.01. The van der Waals surface area contributed by atoms with E-state index in [1.165, 1.54) is 24.0 Å². The van der Waals surface area contributed by atoms with Crippen LogP contribution in [0.5, 0.6) is 5.75 Å². The Labute approximate surface area is 206 Å². The van der Waals surface area contributed by atoms with Gasteiger partial charge in [0, 0.05) is 38.2 Å². The lowest BCUT2D eigenvalue weighted by Crippen LogP contribution is -2.34. The largest absolute Gasteiger partial charge is 0.497 e. The molecule has 1 aliphatic rings. The molecule has 1 amide bonds. The first-order chi connectivity index (χ1) is 16.5. The van der Waals surface area contributed by atoms with Crippen LogP contribution in [0.15, 0.2) is 48.5 Å². The molecule has 2 aromatic carbocycles. The minimum absolute atomic E-state index is 0.00909. The number of nitrogens with zero attached hydrogens (tertiary/aromatic N) is 3. The first-order valence-electron chi connectivity index (χ1n) is 11.9. The maximum atomic E-state index is 12.7. The summed E-state index contributed by atoms with van der Waals surface area (Å²) in [6, 6.07) is 16.0. The predicted molar refractivity (Wildman–Crippen MR) is 136 cm³/mol.